The predicted octanol–water partition coefficient (Wildman–Crippen LogP) is 2.50. The fourth-order valence-corrected chi connectivity index (χ4v) is 1.63. The maximum atomic E-state index is 10.7. The molecule has 1 N–H and O–H groups in total. The molecule has 0 bridgehead atoms. The van der Waals surface area contributed by atoms with Gasteiger partial charge in [-0.1, -0.05) is 13.8 Å². The van der Waals surface area contributed by atoms with Gasteiger partial charge in [0, 0.05) is 10.9 Å². The first-order valence-corrected chi connectivity index (χ1v) is 4.64. The van der Waals surface area contributed by atoms with Crippen LogP contribution in [0.25, 0.3) is 10.9 Å². The molecule has 1 heterocycles. The molecule has 0 aliphatic heterocycles. The van der Waals surface area contributed by atoms with Crippen molar-refractivity contribution in [2.45, 2.75) is 19.8 Å². The van der Waals surface area contributed by atoms with E-state index in [0.717, 1.165) is 22.8 Å². The molecule has 72 valence electrons. The molecule has 1 aromatic carbocycles. The van der Waals surface area contributed by atoms with E-state index in [-0.39, 0.29) is 0 Å². The Labute approximate surface area is 82.1 Å². The summed E-state index contributed by atoms with van der Waals surface area (Å²) < 4.78 is 0. The minimum absolute atomic E-state index is 0.387. The van der Waals surface area contributed by atoms with Gasteiger partial charge in [0.15, 0.2) is 0 Å². The molecule has 0 spiro atoms. The minimum Gasteiger partial charge on any atom is -0.298 e. The highest BCUT2D eigenvalue weighted by atomic mass is 16.1. The highest BCUT2D eigenvalue weighted by Crippen LogP contribution is 2.24. The Morgan fingerprint density at radius 2 is 2.21 bits per heavy atom. The molecule has 14 heavy (non-hydrogen) atoms. The zero-order valence-corrected chi connectivity index (χ0v) is 8.24. The van der Waals surface area contributed by atoms with Gasteiger partial charge in [-0.05, 0) is 23.6 Å². The van der Waals surface area contributed by atoms with Gasteiger partial charge in [-0.25, -0.2) is 0 Å². The monoisotopic (exact) mass is 188 g/mol. The van der Waals surface area contributed by atoms with Gasteiger partial charge in [0.1, 0.15) is 6.29 Å². The lowest BCUT2D eigenvalue weighted by Gasteiger charge is -2.07. The first-order chi connectivity index (χ1) is 6.72. The predicted molar refractivity (Wildman–Crippen MR) is 55.6 cm³/mol. The molecule has 0 aliphatic rings. The zero-order chi connectivity index (χ0) is 10.1. The fourth-order valence-electron chi connectivity index (χ4n) is 1.63. The second-order valence-electron chi connectivity index (χ2n) is 3.72. The van der Waals surface area contributed by atoms with E-state index in [1.54, 1.807) is 6.20 Å². The smallest absolute Gasteiger partial charge is 0.150 e. The van der Waals surface area contributed by atoms with E-state index in [4.69, 9.17) is 0 Å². The molecular formula is C11H12N2O. The van der Waals surface area contributed by atoms with Crippen molar-refractivity contribution < 1.29 is 4.79 Å². The summed E-state index contributed by atoms with van der Waals surface area (Å²) in [5.74, 6) is 0.387. The molecule has 1 aromatic heterocycles. The van der Waals surface area contributed by atoms with Crippen molar-refractivity contribution in [1.29, 1.82) is 0 Å². The lowest BCUT2D eigenvalue weighted by molar-refractivity contribution is 0.112. The molecule has 2 aromatic rings. The highest BCUT2D eigenvalue weighted by molar-refractivity contribution is 5.89. The zero-order valence-electron chi connectivity index (χ0n) is 8.24. The molecule has 2 rings (SSSR count). The Bertz CT molecular complexity index is 471. The third-order valence-electron chi connectivity index (χ3n) is 2.36. The van der Waals surface area contributed by atoms with Gasteiger partial charge in [-0.3, -0.25) is 9.89 Å². The molecule has 0 fully saturated rings. The van der Waals surface area contributed by atoms with E-state index in [1.807, 2.05) is 12.1 Å². The SMILES string of the molecule is CC(C)c1cc(C=O)cc2cn[nH]c12. The normalized spacial score (nSPS) is 11.1. The number of fused-ring (bicyclic) bond motifs is 1. The van der Waals surface area contributed by atoms with Crippen LogP contribution in [0, 0.1) is 0 Å². The van der Waals surface area contributed by atoms with Crippen molar-refractivity contribution in [2.75, 3.05) is 0 Å². The topological polar surface area (TPSA) is 45.8 Å². The van der Waals surface area contributed by atoms with Crippen molar-refractivity contribution in [2.24, 2.45) is 0 Å². The van der Waals surface area contributed by atoms with Gasteiger partial charge in [0.2, 0.25) is 0 Å². The van der Waals surface area contributed by atoms with Crippen LogP contribution in [0.2, 0.25) is 0 Å². The largest absolute Gasteiger partial charge is 0.298 e. The molecule has 0 saturated carbocycles. The maximum Gasteiger partial charge on any atom is 0.150 e. The first-order valence-electron chi connectivity index (χ1n) is 4.64. The number of nitrogens with zero attached hydrogens (tertiary/aromatic N) is 1. The van der Waals surface area contributed by atoms with Gasteiger partial charge in [0.05, 0.1) is 11.7 Å². The van der Waals surface area contributed by atoms with Crippen LogP contribution in [0.5, 0.6) is 0 Å². The number of hydrogen-bond acceptors (Lipinski definition) is 2. The van der Waals surface area contributed by atoms with E-state index in [1.165, 1.54) is 0 Å². The van der Waals surface area contributed by atoms with Crippen LogP contribution in [-0.2, 0) is 0 Å². The summed E-state index contributed by atoms with van der Waals surface area (Å²) in [6, 6.07) is 3.76. The number of aromatic nitrogens is 2. The fraction of sp³-hybridized carbons (Fsp3) is 0.273. The lowest BCUT2D eigenvalue weighted by Crippen LogP contribution is -1.92. The van der Waals surface area contributed by atoms with Crippen LogP contribution >= 0.6 is 0 Å². The second kappa shape index (κ2) is 3.25. The number of benzene rings is 1. The molecule has 0 radical (unpaired) electrons. The molecule has 0 atom stereocenters. The van der Waals surface area contributed by atoms with Crippen molar-refractivity contribution in [3.63, 3.8) is 0 Å². The van der Waals surface area contributed by atoms with Crippen molar-refractivity contribution in [3.8, 4) is 0 Å². The van der Waals surface area contributed by atoms with Crippen LogP contribution < -0.4 is 0 Å². The van der Waals surface area contributed by atoms with E-state index in [9.17, 15) is 4.79 Å². The molecule has 0 saturated heterocycles. The Kier molecular flexibility index (Phi) is 2.08. The van der Waals surface area contributed by atoms with Gasteiger partial charge in [-0.2, -0.15) is 5.10 Å². The van der Waals surface area contributed by atoms with E-state index < -0.39 is 0 Å². The number of carbonyl (C=O) groups excluding carboxylic acids is 1. The quantitative estimate of drug-likeness (QED) is 0.736. The van der Waals surface area contributed by atoms with Crippen LogP contribution in [0.4, 0.5) is 0 Å². The molecule has 3 heteroatoms. The van der Waals surface area contributed by atoms with Crippen molar-refractivity contribution in [3.05, 3.63) is 29.5 Å². The Hall–Kier alpha value is -1.64. The standard InChI is InChI=1S/C11H12N2O/c1-7(2)10-4-8(6-14)3-9-5-12-13-11(9)10/h3-7H,1-2H3,(H,12,13). The van der Waals surface area contributed by atoms with E-state index in [0.29, 0.717) is 11.5 Å². The Morgan fingerprint density at radius 1 is 1.43 bits per heavy atom. The summed E-state index contributed by atoms with van der Waals surface area (Å²) >= 11 is 0. The van der Waals surface area contributed by atoms with Gasteiger partial charge in [0.25, 0.3) is 0 Å². The van der Waals surface area contributed by atoms with Crippen LogP contribution in [0.3, 0.4) is 0 Å². The van der Waals surface area contributed by atoms with Crippen LogP contribution in [-0.4, -0.2) is 16.5 Å². The second-order valence-corrected chi connectivity index (χ2v) is 3.72. The number of carbonyl (C=O) groups is 1. The average Bonchev–Trinajstić information content (AvgIpc) is 2.63. The lowest BCUT2D eigenvalue weighted by atomic mass is 9.98. The number of hydrogen-bond donors (Lipinski definition) is 1. The number of nitrogens with one attached hydrogen (secondary N) is 1. The number of aromatic amines is 1. The van der Waals surface area contributed by atoms with Crippen molar-refractivity contribution >= 4 is 17.2 Å². The molecule has 0 unspecified atom stereocenters. The molecule has 3 nitrogen and oxygen atoms in total. The third-order valence-corrected chi connectivity index (χ3v) is 2.36. The molecular weight excluding hydrogens is 176 g/mol. The number of rotatable bonds is 2. The number of aldehydes is 1. The minimum atomic E-state index is 0.387. The van der Waals surface area contributed by atoms with Gasteiger partial charge < -0.3 is 0 Å². The average molecular weight is 188 g/mol. The van der Waals surface area contributed by atoms with Gasteiger partial charge in [-0.15, -0.1) is 0 Å². The Balaban J connectivity index is 2.76. The van der Waals surface area contributed by atoms with Gasteiger partial charge >= 0.3 is 0 Å². The summed E-state index contributed by atoms with van der Waals surface area (Å²) in [5, 5.41) is 7.93. The summed E-state index contributed by atoms with van der Waals surface area (Å²) in [5.41, 5.74) is 2.88. The molecule has 0 aliphatic carbocycles. The van der Waals surface area contributed by atoms with Crippen molar-refractivity contribution in [1.82, 2.24) is 10.2 Å². The maximum absolute atomic E-state index is 10.7. The van der Waals surface area contributed by atoms with E-state index in [2.05, 4.69) is 24.0 Å². The summed E-state index contributed by atoms with van der Waals surface area (Å²) in [6.07, 6.45) is 2.62. The van der Waals surface area contributed by atoms with Crippen LogP contribution in [0.1, 0.15) is 35.7 Å². The van der Waals surface area contributed by atoms with Crippen LogP contribution in [0.15, 0.2) is 18.3 Å². The molecule has 0 amide bonds. The number of H-pyrrole nitrogens is 1. The summed E-state index contributed by atoms with van der Waals surface area (Å²) in [7, 11) is 0. The highest BCUT2D eigenvalue weighted by Gasteiger charge is 2.08. The summed E-state index contributed by atoms with van der Waals surface area (Å²) in [6.45, 7) is 4.20. The Morgan fingerprint density at radius 3 is 2.86 bits per heavy atom. The van der Waals surface area contributed by atoms with E-state index >= 15 is 0 Å². The third kappa shape index (κ3) is 1.31. The summed E-state index contributed by atoms with van der Waals surface area (Å²) in [4.78, 5) is 10.7. The first kappa shape index (κ1) is 8.94.